The molecule has 0 amide bonds. The Labute approximate surface area is 107 Å². The van der Waals surface area contributed by atoms with Crippen molar-refractivity contribution in [3.05, 3.63) is 18.1 Å². The molecule has 6 nitrogen and oxygen atoms in total. The summed E-state index contributed by atoms with van der Waals surface area (Å²) in [6, 6.07) is 1.70. The normalized spacial score (nSPS) is 16.2. The molecular weight excluding hydrogens is 230 g/mol. The highest BCUT2D eigenvalue weighted by Crippen LogP contribution is 2.24. The molecule has 1 aliphatic carbocycles. The third-order valence-corrected chi connectivity index (χ3v) is 3.08. The monoisotopic (exact) mass is 249 g/mol. The first kappa shape index (κ1) is 12.6. The highest BCUT2D eigenvalue weighted by atomic mass is 16.5. The molecule has 0 bridgehead atoms. The molecule has 1 aromatic rings. The van der Waals surface area contributed by atoms with Crippen LogP contribution in [-0.2, 0) is 6.54 Å². The number of ether oxygens (including phenoxy) is 1. The van der Waals surface area contributed by atoms with Crippen molar-refractivity contribution in [2.75, 3.05) is 13.7 Å². The van der Waals surface area contributed by atoms with Gasteiger partial charge in [-0.2, -0.15) is 4.98 Å². The Morgan fingerprint density at radius 1 is 1.61 bits per heavy atom. The second-order valence-electron chi connectivity index (χ2n) is 4.39. The van der Waals surface area contributed by atoms with Crippen LogP contribution in [0.5, 0.6) is 5.88 Å². The predicted octanol–water partition coefficient (Wildman–Crippen LogP) is 0.690. The first-order chi connectivity index (χ1) is 8.78. The van der Waals surface area contributed by atoms with Crippen LogP contribution in [-0.4, -0.2) is 29.6 Å². The van der Waals surface area contributed by atoms with Gasteiger partial charge in [0.25, 0.3) is 0 Å². The first-order valence-electron chi connectivity index (χ1n) is 6.17. The van der Waals surface area contributed by atoms with E-state index in [-0.39, 0.29) is 0 Å². The van der Waals surface area contributed by atoms with Crippen molar-refractivity contribution < 1.29 is 4.74 Å². The molecule has 18 heavy (non-hydrogen) atoms. The number of hydrogen-bond donors (Lipinski definition) is 2. The average Bonchev–Trinajstić information content (AvgIpc) is 2.35. The van der Waals surface area contributed by atoms with Gasteiger partial charge >= 0.3 is 0 Å². The van der Waals surface area contributed by atoms with E-state index >= 15 is 0 Å². The summed E-state index contributed by atoms with van der Waals surface area (Å²) in [5.41, 5.74) is 5.77. The Kier molecular flexibility index (Phi) is 4.33. The molecule has 3 N–H and O–H groups in total. The van der Waals surface area contributed by atoms with Gasteiger partial charge in [0.05, 0.1) is 7.11 Å². The summed E-state index contributed by atoms with van der Waals surface area (Å²) in [6.45, 7) is 1.27. The minimum atomic E-state index is 0.362. The topological polar surface area (TPSA) is 85.4 Å². The van der Waals surface area contributed by atoms with Crippen molar-refractivity contribution in [2.24, 2.45) is 16.6 Å². The molecule has 0 saturated heterocycles. The molecule has 1 saturated carbocycles. The smallest absolute Gasteiger partial charge is 0.216 e. The molecule has 1 aromatic heterocycles. The molecule has 6 heteroatoms. The number of rotatable bonds is 5. The Morgan fingerprint density at radius 3 is 3.11 bits per heavy atom. The van der Waals surface area contributed by atoms with Gasteiger partial charge in [0.1, 0.15) is 6.54 Å². The number of aliphatic imine (C=N–C) groups is 1. The van der Waals surface area contributed by atoms with Gasteiger partial charge in [0.2, 0.25) is 5.88 Å². The standard InChI is InChI=1S/C12H19N5O/c1-18-11-5-6-14-10(17-11)8-16-12(13)15-7-9-3-2-4-9/h5-6,9H,2-4,7-8H2,1H3,(H3,13,15,16). The van der Waals surface area contributed by atoms with Crippen molar-refractivity contribution in [1.82, 2.24) is 15.3 Å². The molecule has 0 unspecified atom stereocenters. The number of aromatic nitrogens is 2. The van der Waals surface area contributed by atoms with Crippen LogP contribution >= 0.6 is 0 Å². The molecule has 0 atom stereocenters. The van der Waals surface area contributed by atoms with Crippen LogP contribution in [0.4, 0.5) is 0 Å². The van der Waals surface area contributed by atoms with Gasteiger partial charge in [-0.15, -0.1) is 0 Å². The number of nitrogens with zero attached hydrogens (tertiary/aromatic N) is 3. The highest BCUT2D eigenvalue weighted by molar-refractivity contribution is 5.77. The van der Waals surface area contributed by atoms with Crippen LogP contribution in [0.2, 0.25) is 0 Å². The van der Waals surface area contributed by atoms with Gasteiger partial charge in [-0.1, -0.05) is 6.42 Å². The Balaban J connectivity index is 1.80. The van der Waals surface area contributed by atoms with Crippen molar-refractivity contribution in [2.45, 2.75) is 25.8 Å². The van der Waals surface area contributed by atoms with Crippen LogP contribution in [0.1, 0.15) is 25.1 Å². The van der Waals surface area contributed by atoms with Gasteiger partial charge in [0.15, 0.2) is 11.8 Å². The zero-order chi connectivity index (χ0) is 12.8. The lowest BCUT2D eigenvalue weighted by Gasteiger charge is -2.25. The summed E-state index contributed by atoms with van der Waals surface area (Å²) in [7, 11) is 1.57. The summed E-state index contributed by atoms with van der Waals surface area (Å²) < 4.78 is 5.02. The predicted molar refractivity (Wildman–Crippen MR) is 69.3 cm³/mol. The molecule has 1 heterocycles. The quantitative estimate of drug-likeness (QED) is 0.592. The third-order valence-electron chi connectivity index (χ3n) is 3.08. The number of guanidine groups is 1. The maximum absolute atomic E-state index is 5.77. The van der Waals surface area contributed by atoms with Crippen LogP contribution in [0, 0.1) is 5.92 Å². The number of hydrogen-bond acceptors (Lipinski definition) is 4. The molecule has 0 radical (unpaired) electrons. The van der Waals surface area contributed by atoms with E-state index in [1.165, 1.54) is 19.3 Å². The zero-order valence-corrected chi connectivity index (χ0v) is 10.6. The fourth-order valence-electron chi connectivity index (χ4n) is 1.73. The van der Waals surface area contributed by atoms with E-state index in [0.29, 0.717) is 24.2 Å². The molecule has 98 valence electrons. The maximum atomic E-state index is 5.77. The summed E-state index contributed by atoms with van der Waals surface area (Å²) in [5.74, 6) is 2.35. The lowest BCUT2D eigenvalue weighted by molar-refractivity contribution is 0.315. The van der Waals surface area contributed by atoms with Gasteiger partial charge in [-0.05, 0) is 18.8 Å². The first-order valence-corrected chi connectivity index (χ1v) is 6.17. The highest BCUT2D eigenvalue weighted by Gasteiger charge is 2.16. The van der Waals surface area contributed by atoms with Crippen molar-refractivity contribution in [3.63, 3.8) is 0 Å². The molecule has 1 fully saturated rings. The summed E-state index contributed by atoms with van der Waals surface area (Å²) in [6.07, 6.45) is 5.56. The second-order valence-corrected chi connectivity index (χ2v) is 4.39. The van der Waals surface area contributed by atoms with Crippen LogP contribution in [0.15, 0.2) is 17.3 Å². The molecule has 0 aromatic carbocycles. The zero-order valence-electron chi connectivity index (χ0n) is 10.6. The summed E-state index contributed by atoms with van der Waals surface area (Å²) >= 11 is 0. The van der Waals surface area contributed by atoms with E-state index in [9.17, 15) is 0 Å². The van der Waals surface area contributed by atoms with Gasteiger partial charge in [-0.25, -0.2) is 9.98 Å². The fraction of sp³-hybridized carbons (Fsp3) is 0.583. The molecule has 0 spiro atoms. The van der Waals surface area contributed by atoms with E-state index in [1.807, 2.05) is 0 Å². The Bertz CT molecular complexity index is 417. The Hall–Kier alpha value is -1.85. The third kappa shape index (κ3) is 3.58. The van der Waals surface area contributed by atoms with E-state index in [0.717, 1.165) is 12.5 Å². The molecule has 2 rings (SSSR count). The maximum Gasteiger partial charge on any atom is 0.216 e. The second kappa shape index (κ2) is 6.18. The number of nitrogens with two attached hydrogens (primary N) is 1. The van der Waals surface area contributed by atoms with Gasteiger partial charge in [0, 0.05) is 18.8 Å². The molecule has 0 aliphatic heterocycles. The average molecular weight is 249 g/mol. The van der Waals surface area contributed by atoms with E-state index in [2.05, 4.69) is 20.3 Å². The van der Waals surface area contributed by atoms with Crippen molar-refractivity contribution >= 4 is 5.96 Å². The molecular formula is C12H19N5O. The van der Waals surface area contributed by atoms with Gasteiger partial charge in [-0.3, -0.25) is 0 Å². The van der Waals surface area contributed by atoms with Crippen LogP contribution in [0.3, 0.4) is 0 Å². The van der Waals surface area contributed by atoms with Crippen LogP contribution < -0.4 is 15.8 Å². The van der Waals surface area contributed by atoms with Gasteiger partial charge < -0.3 is 15.8 Å². The lowest BCUT2D eigenvalue weighted by Crippen LogP contribution is -2.37. The van der Waals surface area contributed by atoms with Crippen LogP contribution in [0.25, 0.3) is 0 Å². The largest absolute Gasteiger partial charge is 0.481 e. The van der Waals surface area contributed by atoms with E-state index in [4.69, 9.17) is 10.5 Å². The number of nitrogens with one attached hydrogen (secondary N) is 1. The Morgan fingerprint density at radius 2 is 2.44 bits per heavy atom. The van der Waals surface area contributed by atoms with E-state index in [1.54, 1.807) is 19.4 Å². The molecule has 1 aliphatic rings. The SMILES string of the molecule is COc1ccnc(CN=C(N)NCC2CCC2)n1. The lowest BCUT2D eigenvalue weighted by atomic mass is 9.85. The van der Waals surface area contributed by atoms with E-state index < -0.39 is 0 Å². The summed E-state index contributed by atoms with van der Waals surface area (Å²) in [5, 5.41) is 3.12. The summed E-state index contributed by atoms with van der Waals surface area (Å²) in [4.78, 5) is 12.5. The van der Waals surface area contributed by atoms with Crippen molar-refractivity contribution in [1.29, 1.82) is 0 Å². The number of methoxy groups -OCH3 is 1. The minimum absolute atomic E-state index is 0.362. The fourth-order valence-corrected chi connectivity index (χ4v) is 1.73. The minimum Gasteiger partial charge on any atom is -0.481 e. The van der Waals surface area contributed by atoms with Crippen molar-refractivity contribution in [3.8, 4) is 5.88 Å².